The van der Waals surface area contributed by atoms with Gasteiger partial charge in [-0.2, -0.15) is 4.98 Å². The first-order chi connectivity index (χ1) is 10.8. The molecule has 0 bridgehead atoms. The van der Waals surface area contributed by atoms with Gasteiger partial charge in [0, 0.05) is 18.7 Å². The van der Waals surface area contributed by atoms with E-state index in [0.717, 1.165) is 31.5 Å². The second kappa shape index (κ2) is 7.03. The van der Waals surface area contributed by atoms with E-state index in [1.54, 1.807) is 0 Å². The number of piperidine rings is 1. The lowest BCUT2D eigenvalue weighted by Crippen LogP contribution is -2.37. The van der Waals surface area contributed by atoms with Crippen LogP contribution in [0.4, 0.5) is 0 Å². The third kappa shape index (κ3) is 3.36. The molecule has 5 nitrogen and oxygen atoms in total. The van der Waals surface area contributed by atoms with Crippen molar-refractivity contribution in [2.45, 2.75) is 32.2 Å². The van der Waals surface area contributed by atoms with E-state index in [1.807, 2.05) is 30.3 Å². The highest BCUT2D eigenvalue weighted by Gasteiger charge is 2.27. The molecule has 1 aliphatic rings. The summed E-state index contributed by atoms with van der Waals surface area (Å²) in [5.41, 5.74) is 0.974. The van der Waals surface area contributed by atoms with Crippen molar-refractivity contribution in [3.63, 3.8) is 0 Å². The van der Waals surface area contributed by atoms with Crippen molar-refractivity contribution in [3.05, 3.63) is 36.2 Å². The van der Waals surface area contributed by atoms with Crippen molar-refractivity contribution in [2.24, 2.45) is 5.92 Å². The molecule has 1 aromatic heterocycles. The third-order valence-corrected chi connectivity index (χ3v) is 4.47. The Hall–Kier alpha value is -1.72. The Morgan fingerprint density at radius 3 is 2.95 bits per heavy atom. The summed E-state index contributed by atoms with van der Waals surface area (Å²) in [6, 6.07) is 10.0. The Morgan fingerprint density at radius 1 is 1.36 bits per heavy atom. The molecule has 0 radical (unpaired) electrons. The molecule has 1 fully saturated rings. The molecule has 0 spiro atoms. The number of nitrogens with zero attached hydrogens (tertiary/aromatic N) is 3. The second-order valence-electron chi connectivity index (χ2n) is 6.01. The summed E-state index contributed by atoms with van der Waals surface area (Å²) < 4.78 is 5.48. The first-order valence-corrected chi connectivity index (χ1v) is 8.02. The van der Waals surface area contributed by atoms with Gasteiger partial charge in [0.15, 0.2) is 0 Å². The fraction of sp³-hybridized carbons (Fsp3) is 0.529. The number of rotatable bonds is 5. The van der Waals surface area contributed by atoms with Crippen LogP contribution in [0.5, 0.6) is 0 Å². The van der Waals surface area contributed by atoms with Crippen molar-refractivity contribution in [1.29, 1.82) is 0 Å². The second-order valence-corrected chi connectivity index (χ2v) is 6.01. The highest BCUT2D eigenvalue weighted by molar-refractivity contribution is 5.53. The predicted octanol–water partition coefficient (Wildman–Crippen LogP) is 2.89. The number of aliphatic hydroxyl groups is 1. The molecule has 2 heterocycles. The highest BCUT2D eigenvalue weighted by atomic mass is 16.5. The van der Waals surface area contributed by atoms with Crippen LogP contribution in [0.2, 0.25) is 0 Å². The molecule has 1 aromatic carbocycles. The van der Waals surface area contributed by atoms with Crippen molar-refractivity contribution in [3.8, 4) is 11.4 Å². The van der Waals surface area contributed by atoms with Crippen LogP contribution in [0.1, 0.15) is 38.1 Å². The van der Waals surface area contributed by atoms with Gasteiger partial charge in [-0.3, -0.25) is 4.90 Å². The number of aromatic nitrogens is 2. The molecule has 2 aromatic rings. The van der Waals surface area contributed by atoms with Gasteiger partial charge in [0.05, 0.1) is 6.04 Å². The highest BCUT2D eigenvalue weighted by Crippen LogP contribution is 2.28. The van der Waals surface area contributed by atoms with Gasteiger partial charge in [0.2, 0.25) is 11.7 Å². The number of likely N-dealkylation sites (tertiary alicyclic amines) is 1. The average molecular weight is 301 g/mol. The zero-order chi connectivity index (χ0) is 15.4. The fourth-order valence-electron chi connectivity index (χ4n) is 3.13. The maximum atomic E-state index is 9.13. The Labute approximate surface area is 131 Å². The summed E-state index contributed by atoms with van der Waals surface area (Å²) in [5.74, 6) is 1.88. The quantitative estimate of drug-likeness (QED) is 0.920. The lowest BCUT2D eigenvalue weighted by Gasteiger charge is -2.35. The van der Waals surface area contributed by atoms with Crippen molar-refractivity contribution < 1.29 is 9.63 Å². The van der Waals surface area contributed by atoms with Crippen LogP contribution < -0.4 is 0 Å². The Kier molecular flexibility index (Phi) is 4.85. The van der Waals surface area contributed by atoms with E-state index < -0.39 is 0 Å². The van der Waals surface area contributed by atoms with Crippen LogP contribution in [0.25, 0.3) is 11.4 Å². The first-order valence-electron chi connectivity index (χ1n) is 8.02. The van der Waals surface area contributed by atoms with Gasteiger partial charge in [0.25, 0.3) is 0 Å². The number of benzene rings is 1. The third-order valence-electron chi connectivity index (χ3n) is 4.47. The summed E-state index contributed by atoms with van der Waals surface area (Å²) in [6.07, 6.45) is 3.24. The maximum absolute atomic E-state index is 9.13. The zero-order valence-electron chi connectivity index (χ0n) is 13.0. The van der Waals surface area contributed by atoms with Crippen molar-refractivity contribution in [2.75, 3.05) is 19.7 Å². The average Bonchev–Trinajstić information content (AvgIpc) is 3.05. The normalized spacial score (nSPS) is 20.9. The van der Waals surface area contributed by atoms with Crippen molar-refractivity contribution in [1.82, 2.24) is 15.0 Å². The summed E-state index contributed by atoms with van der Waals surface area (Å²) in [7, 11) is 0. The van der Waals surface area contributed by atoms with E-state index in [-0.39, 0.29) is 12.6 Å². The molecule has 118 valence electrons. The van der Waals surface area contributed by atoms with E-state index in [1.165, 1.54) is 6.42 Å². The minimum atomic E-state index is 0.117. The van der Waals surface area contributed by atoms with E-state index in [9.17, 15) is 0 Å². The van der Waals surface area contributed by atoms with Gasteiger partial charge in [-0.15, -0.1) is 0 Å². The molecule has 3 rings (SSSR count). The number of hydrogen-bond donors (Lipinski definition) is 1. The SMILES string of the molecule is C[C@@H](c1nc(-c2ccccc2)no1)N1CCC[C@H](CCO)C1. The predicted molar refractivity (Wildman–Crippen MR) is 84.1 cm³/mol. The lowest BCUT2D eigenvalue weighted by molar-refractivity contribution is 0.0982. The van der Waals surface area contributed by atoms with Crippen LogP contribution >= 0.6 is 0 Å². The van der Waals surface area contributed by atoms with Crippen molar-refractivity contribution >= 4 is 0 Å². The van der Waals surface area contributed by atoms with Gasteiger partial charge in [0.1, 0.15) is 0 Å². The molecule has 0 amide bonds. The Bertz CT molecular complexity index is 583. The molecule has 0 saturated carbocycles. The Balaban J connectivity index is 1.70. The monoisotopic (exact) mass is 301 g/mol. The number of aliphatic hydroxyl groups excluding tert-OH is 1. The minimum Gasteiger partial charge on any atom is -0.396 e. The molecule has 0 unspecified atom stereocenters. The summed E-state index contributed by atoms with van der Waals surface area (Å²) >= 11 is 0. The molecule has 2 atom stereocenters. The van der Waals surface area contributed by atoms with E-state index in [2.05, 4.69) is 22.0 Å². The van der Waals surface area contributed by atoms with Crippen LogP contribution in [0, 0.1) is 5.92 Å². The van der Waals surface area contributed by atoms with Gasteiger partial charge >= 0.3 is 0 Å². The van der Waals surface area contributed by atoms with Crippen LogP contribution in [-0.4, -0.2) is 39.8 Å². The van der Waals surface area contributed by atoms with Crippen LogP contribution in [0.3, 0.4) is 0 Å². The van der Waals surface area contributed by atoms with E-state index in [4.69, 9.17) is 9.63 Å². The summed E-state index contributed by atoms with van der Waals surface area (Å²) in [5, 5.41) is 13.2. The van der Waals surface area contributed by atoms with E-state index in [0.29, 0.717) is 17.6 Å². The van der Waals surface area contributed by atoms with Gasteiger partial charge < -0.3 is 9.63 Å². The number of hydrogen-bond acceptors (Lipinski definition) is 5. The molecule has 5 heteroatoms. The zero-order valence-corrected chi connectivity index (χ0v) is 13.0. The van der Waals surface area contributed by atoms with Gasteiger partial charge in [-0.1, -0.05) is 35.5 Å². The van der Waals surface area contributed by atoms with E-state index >= 15 is 0 Å². The minimum absolute atomic E-state index is 0.117. The lowest BCUT2D eigenvalue weighted by atomic mass is 9.94. The molecule has 1 aliphatic heterocycles. The smallest absolute Gasteiger partial charge is 0.244 e. The molecular weight excluding hydrogens is 278 g/mol. The Morgan fingerprint density at radius 2 is 2.18 bits per heavy atom. The standard InChI is InChI=1S/C17H23N3O2/c1-13(20-10-5-6-14(12-20)9-11-21)17-18-16(19-22-17)15-7-3-2-4-8-15/h2-4,7-8,13-14,21H,5-6,9-12H2,1H3/t13-,14+/m0/s1. The molecule has 0 aliphatic carbocycles. The molecule has 22 heavy (non-hydrogen) atoms. The summed E-state index contributed by atoms with van der Waals surface area (Å²) in [6.45, 7) is 4.42. The molecular formula is C17H23N3O2. The van der Waals surface area contributed by atoms with Gasteiger partial charge in [-0.25, -0.2) is 0 Å². The summed E-state index contributed by atoms with van der Waals surface area (Å²) in [4.78, 5) is 6.94. The topological polar surface area (TPSA) is 62.4 Å². The van der Waals surface area contributed by atoms with Gasteiger partial charge in [-0.05, 0) is 38.6 Å². The largest absolute Gasteiger partial charge is 0.396 e. The molecule has 1 N–H and O–H groups in total. The first kappa shape index (κ1) is 15.2. The molecule has 1 saturated heterocycles. The van der Waals surface area contributed by atoms with Crippen LogP contribution in [-0.2, 0) is 0 Å². The maximum Gasteiger partial charge on any atom is 0.244 e. The van der Waals surface area contributed by atoms with Crippen LogP contribution in [0.15, 0.2) is 34.9 Å². The fourth-order valence-corrected chi connectivity index (χ4v) is 3.13.